The van der Waals surface area contributed by atoms with Crippen molar-refractivity contribution in [2.45, 2.75) is 38.2 Å². The second-order valence-corrected chi connectivity index (χ2v) is 5.39. The smallest absolute Gasteiger partial charge is 0.256 e. The maximum Gasteiger partial charge on any atom is 0.256 e. The summed E-state index contributed by atoms with van der Waals surface area (Å²) < 4.78 is 11.8. The zero-order valence-electron chi connectivity index (χ0n) is 11.6. The van der Waals surface area contributed by atoms with Crippen LogP contribution in [-0.4, -0.2) is 44.0 Å². The molecule has 0 radical (unpaired) electrons. The largest absolute Gasteiger partial charge is 0.474 e. The zero-order chi connectivity index (χ0) is 13.9. The summed E-state index contributed by atoms with van der Waals surface area (Å²) in [7, 11) is 0. The van der Waals surface area contributed by atoms with Gasteiger partial charge in [-0.05, 0) is 45.0 Å². The Morgan fingerprint density at radius 1 is 1.35 bits per heavy atom. The number of rotatable bonds is 2. The van der Waals surface area contributed by atoms with E-state index < -0.39 is 0 Å². The van der Waals surface area contributed by atoms with Gasteiger partial charge in [-0.2, -0.15) is 0 Å². The SMILES string of the molecule is CC1CNC(=O)C2=C(NC(OC3CCNCC3)C=C2)O1. The highest BCUT2D eigenvalue weighted by Gasteiger charge is 2.27. The Kier molecular flexibility index (Phi) is 3.93. The van der Waals surface area contributed by atoms with E-state index in [0.717, 1.165) is 25.9 Å². The summed E-state index contributed by atoms with van der Waals surface area (Å²) >= 11 is 0. The van der Waals surface area contributed by atoms with Gasteiger partial charge in [-0.3, -0.25) is 4.79 Å². The van der Waals surface area contributed by atoms with E-state index in [1.807, 2.05) is 13.0 Å². The lowest BCUT2D eigenvalue weighted by Crippen LogP contribution is -2.41. The molecule has 3 rings (SSSR count). The van der Waals surface area contributed by atoms with Crippen molar-refractivity contribution < 1.29 is 14.3 Å². The summed E-state index contributed by atoms with van der Waals surface area (Å²) in [5.74, 6) is 0.419. The molecule has 3 heterocycles. The van der Waals surface area contributed by atoms with Crippen LogP contribution < -0.4 is 16.0 Å². The van der Waals surface area contributed by atoms with Crippen molar-refractivity contribution in [2.75, 3.05) is 19.6 Å². The maximum absolute atomic E-state index is 11.9. The molecule has 1 fully saturated rings. The zero-order valence-corrected chi connectivity index (χ0v) is 11.6. The van der Waals surface area contributed by atoms with Gasteiger partial charge in [0.05, 0.1) is 18.2 Å². The number of ether oxygens (including phenoxy) is 2. The Hall–Kier alpha value is -1.53. The van der Waals surface area contributed by atoms with Gasteiger partial charge in [-0.1, -0.05) is 0 Å². The lowest BCUT2D eigenvalue weighted by atomic mass is 10.1. The first-order valence-corrected chi connectivity index (χ1v) is 7.22. The molecule has 0 bridgehead atoms. The average Bonchev–Trinajstić information content (AvgIpc) is 2.59. The molecule has 0 aromatic carbocycles. The molecule has 2 atom stereocenters. The standard InChI is InChI=1S/C14H21N3O3/c1-9-8-16-13(18)11-2-3-12(17-14(11)19-9)20-10-4-6-15-7-5-10/h2-3,9-10,12,15,17H,4-8H2,1H3,(H,16,18). The molecule has 1 saturated heterocycles. The first-order valence-electron chi connectivity index (χ1n) is 7.22. The summed E-state index contributed by atoms with van der Waals surface area (Å²) in [6.45, 7) is 4.43. The number of carbonyl (C=O) groups excluding carboxylic acids is 1. The third-order valence-electron chi connectivity index (χ3n) is 3.69. The second kappa shape index (κ2) is 5.85. The normalized spacial score (nSPS) is 30.9. The van der Waals surface area contributed by atoms with Crippen LogP contribution in [0, 0.1) is 0 Å². The van der Waals surface area contributed by atoms with E-state index in [9.17, 15) is 4.79 Å². The highest BCUT2D eigenvalue weighted by molar-refractivity contribution is 5.97. The van der Waals surface area contributed by atoms with Gasteiger partial charge in [0, 0.05) is 0 Å². The second-order valence-electron chi connectivity index (χ2n) is 5.39. The fourth-order valence-electron chi connectivity index (χ4n) is 2.58. The molecule has 3 aliphatic rings. The molecule has 3 N–H and O–H groups in total. The van der Waals surface area contributed by atoms with Gasteiger partial charge >= 0.3 is 0 Å². The summed E-state index contributed by atoms with van der Waals surface area (Å²) in [6.07, 6.45) is 5.65. The van der Waals surface area contributed by atoms with Crippen LogP contribution in [0.4, 0.5) is 0 Å². The van der Waals surface area contributed by atoms with Gasteiger partial charge in [0.1, 0.15) is 12.3 Å². The van der Waals surface area contributed by atoms with E-state index in [-0.39, 0.29) is 24.3 Å². The predicted molar refractivity (Wildman–Crippen MR) is 73.6 cm³/mol. The van der Waals surface area contributed by atoms with Crippen molar-refractivity contribution in [3.05, 3.63) is 23.6 Å². The first-order chi connectivity index (χ1) is 9.72. The van der Waals surface area contributed by atoms with Crippen molar-refractivity contribution in [3.63, 3.8) is 0 Å². The van der Waals surface area contributed by atoms with Crippen LogP contribution in [0.25, 0.3) is 0 Å². The summed E-state index contributed by atoms with van der Waals surface area (Å²) in [5, 5.41) is 9.31. The molecule has 1 amide bonds. The number of nitrogens with one attached hydrogen (secondary N) is 3. The third-order valence-corrected chi connectivity index (χ3v) is 3.69. The van der Waals surface area contributed by atoms with E-state index >= 15 is 0 Å². The molecular weight excluding hydrogens is 258 g/mol. The van der Waals surface area contributed by atoms with E-state index in [1.54, 1.807) is 6.08 Å². The minimum Gasteiger partial charge on any atom is -0.474 e. The van der Waals surface area contributed by atoms with Crippen molar-refractivity contribution in [1.82, 2.24) is 16.0 Å². The number of piperidine rings is 1. The number of amides is 1. The molecule has 6 nitrogen and oxygen atoms in total. The number of hydrogen-bond acceptors (Lipinski definition) is 5. The van der Waals surface area contributed by atoms with Crippen LogP contribution in [0.15, 0.2) is 23.6 Å². The predicted octanol–water partition coefficient (Wildman–Crippen LogP) is -0.0130. The highest BCUT2D eigenvalue weighted by Crippen LogP contribution is 2.19. The first kappa shape index (κ1) is 13.5. The fraction of sp³-hybridized carbons (Fsp3) is 0.643. The van der Waals surface area contributed by atoms with Gasteiger partial charge in [-0.15, -0.1) is 0 Å². The molecule has 0 spiro atoms. The van der Waals surface area contributed by atoms with Crippen LogP contribution in [0.3, 0.4) is 0 Å². The maximum atomic E-state index is 11.9. The topological polar surface area (TPSA) is 71.6 Å². The van der Waals surface area contributed by atoms with Crippen molar-refractivity contribution >= 4 is 5.91 Å². The summed E-state index contributed by atoms with van der Waals surface area (Å²) in [4.78, 5) is 11.9. The van der Waals surface area contributed by atoms with Crippen LogP contribution >= 0.6 is 0 Å². The molecule has 3 aliphatic heterocycles. The van der Waals surface area contributed by atoms with Gasteiger partial charge < -0.3 is 25.4 Å². The Morgan fingerprint density at radius 3 is 2.95 bits per heavy atom. The van der Waals surface area contributed by atoms with Crippen molar-refractivity contribution in [2.24, 2.45) is 0 Å². The van der Waals surface area contributed by atoms with Crippen molar-refractivity contribution in [3.8, 4) is 0 Å². The Labute approximate surface area is 118 Å². The summed E-state index contributed by atoms with van der Waals surface area (Å²) in [6, 6.07) is 0. The van der Waals surface area contributed by atoms with Gasteiger partial charge in [0.2, 0.25) is 5.88 Å². The Bertz CT molecular complexity index is 441. The minimum absolute atomic E-state index is 0.0509. The quantitative estimate of drug-likeness (QED) is 0.663. The molecule has 0 aromatic rings. The molecule has 0 saturated carbocycles. The van der Waals surface area contributed by atoms with E-state index in [4.69, 9.17) is 9.47 Å². The number of carbonyl (C=O) groups is 1. The molecule has 110 valence electrons. The van der Waals surface area contributed by atoms with Crippen molar-refractivity contribution in [1.29, 1.82) is 0 Å². The Morgan fingerprint density at radius 2 is 2.15 bits per heavy atom. The van der Waals surface area contributed by atoms with E-state index in [0.29, 0.717) is 18.0 Å². The van der Waals surface area contributed by atoms with E-state index in [2.05, 4.69) is 16.0 Å². The van der Waals surface area contributed by atoms with Crippen LogP contribution in [0.5, 0.6) is 0 Å². The third kappa shape index (κ3) is 2.96. The molecular formula is C14H21N3O3. The molecule has 6 heteroatoms. The monoisotopic (exact) mass is 279 g/mol. The highest BCUT2D eigenvalue weighted by atomic mass is 16.5. The number of dihydropyridines is 1. The van der Waals surface area contributed by atoms with E-state index in [1.165, 1.54) is 0 Å². The number of hydrogen-bond donors (Lipinski definition) is 3. The molecule has 20 heavy (non-hydrogen) atoms. The molecule has 0 aliphatic carbocycles. The average molecular weight is 279 g/mol. The molecule has 2 unspecified atom stereocenters. The van der Waals surface area contributed by atoms with Crippen LogP contribution in [0.1, 0.15) is 19.8 Å². The van der Waals surface area contributed by atoms with Gasteiger partial charge in [0.25, 0.3) is 5.91 Å². The Balaban J connectivity index is 1.65. The van der Waals surface area contributed by atoms with Crippen LogP contribution in [-0.2, 0) is 14.3 Å². The lowest BCUT2D eigenvalue weighted by molar-refractivity contribution is -0.117. The van der Waals surface area contributed by atoms with Crippen LogP contribution in [0.2, 0.25) is 0 Å². The summed E-state index contributed by atoms with van der Waals surface area (Å²) in [5.41, 5.74) is 0.541. The van der Waals surface area contributed by atoms with Gasteiger partial charge in [-0.25, -0.2) is 0 Å². The minimum atomic E-state index is -0.227. The fourth-order valence-corrected chi connectivity index (χ4v) is 2.58. The lowest BCUT2D eigenvalue weighted by Gasteiger charge is -2.30. The molecule has 0 aromatic heterocycles. The van der Waals surface area contributed by atoms with Gasteiger partial charge in [0.15, 0.2) is 0 Å².